The van der Waals surface area contributed by atoms with Crippen molar-refractivity contribution < 1.29 is 14.3 Å². The predicted molar refractivity (Wildman–Crippen MR) is 68.8 cm³/mol. The molecule has 98 valence electrons. The number of likely N-dealkylation sites (N-methyl/N-ethyl adjacent to an activating group) is 1. The maximum Gasteiger partial charge on any atom is 0.311 e. The first-order chi connectivity index (χ1) is 8.52. The van der Waals surface area contributed by atoms with Crippen LogP contribution >= 0.6 is 0 Å². The summed E-state index contributed by atoms with van der Waals surface area (Å²) in [6.07, 6.45) is -0.673. The van der Waals surface area contributed by atoms with Crippen LogP contribution < -0.4 is 11.1 Å². The van der Waals surface area contributed by atoms with E-state index in [0.29, 0.717) is 12.2 Å². The Morgan fingerprint density at radius 2 is 2.17 bits per heavy atom. The topological polar surface area (TPSA) is 81.4 Å². The van der Waals surface area contributed by atoms with Crippen LogP contribution in [0.5, 0.6) is 0 Å². The number of carbonyl (C=O) groups excluding carboxylic acids is 2. The summed E-state index contributed by atoms with van der Waals surface area (Å²) in [7, 11) is 0. The molecule has 0 aromatic heterocycles. The first kappa shape index (κ1) is 14.0. The molecule has 3 N–H and O–H groups in total. The fourth-order valence-corrected chi connectivity index (χ4v) is 1.48. The van der Waals surface area contributed by atoms with Gasteiger partial charge in [0.05, 0.1) is 6.42 Å². The Labute approximate surface area is 106 Å². The van der Waals surface area contributed by atoms with Gasteiger partial charge in [0, 0.05) is 12.2 Å². The Hall–Kier alpha value is -2.04. The Morgan fingerprint density at radius 3 is 2.78 bits per heavy atom. The van der Waals surface area contributed by atoms with Gasteiger partial charge in [-0.1, -0.05) is 12.1 Å². The smallest absolute Gasteiger partial charge is 0.311 e. The second-order valence-electron chi connectivity index (χ2n) is 3.95. The van der Waals surface area contributed by atoms with Crippen molar-refractivity contribution in [1.29, 1.82) is 0 Å². The van der Waals surface area contributed by atoms with Gasteiger partial charge >= 0.3 is 5.97 Å². The minimum atomic E-state index is -0.779. The lowest BCUT2D eigenvalue weighted by molar-refractivity contribution is -0.154. The number of hydrogen-bond donors (Lipinski definition) is 2. The third kappa shape index (κ3) is 4.45. The van der Waals surface area contributed by atoms with Crippen LogP contribution in [-0.4, -0.2) is 24.5 Å². The zero-order chi connectivity index (χ0) is 13.5. The molecule has 0 heterocycles. The molecule has 1 amide bonds. The molecule has 0 aliphatic rings. The molecule has 1 aromatic rings. The SMILES string of the molecule is CCNC(=O)C(C)OC(=O)Cc1cccc(N)c1. The number of nitrogen functional groups attached to an aromatic ring is 1. The van der Waals surface area contributed by atoms with Crippen molar-refractivity contribution in [1.82, 2.24) is 5.32 Å². The molecule has 18 heavy (non-hydrogen) atoms. The van der Waals surface area contributed by atoms with Crippen LogP contribution in [0.2, 0.25) is 0 Å². The molecule has 0 aliphatic heterocycles. The van der Waals surface area contributed by atoms with Crippen molar-refractivity contribution in [3.63, 3.8) is 0 Å². The highest BCUT2D eigenvalue weighted by Crippen LogP contribution is 2.08. The van der Waals surface area contributed by atoms with Crippen LogP contribution in [0.15, 0.2) is 24.3 Å². The molecule has 1 rings (SSSR count). The number of esters is 1. The van der Waals surface area contributed by atoms with Gasteiger partial charge in [0.15, 0.2) is 6.10 Å². The molecule has 0 spiro atoms. The van der Waals surface area contributed by atoms with E-state index in [4.69, 9.17) is 10.5 Å². The van der Waals surface area contributed by atoms with E-state index in [1.807, 2.05) is 0 Å². The van der Waals surface area contributed by atoms with Gasteiger partial charge < -0.3 is 15.8 Å². The predicted octanol–water partition coefficient (Wildman–Crippen LogP) is 0.879. The van der Waals surface area contributed by atoms with Gasteiger partial charge in [-0.25, -0.2) is 0 Å². The largest absolute Gasteiger partial charge is 0.452 e. The number of hydrogen-bond acceptors (Lipinski definition) is 4. The fraction of sp³-hybridized carbons (Fsp3) is 0.385. The highest BCUT2D eigenvalue weighted by Gasteiger charge is 2.16. The third-order valence-electron chi connectivity index (χ3n) is 2.33. The zero-order valence-electron chi connectivity index (χ0n) is 10.6. The van der Waals surface area contributed by atoms with E-state index < -0.39 is 12.1 Å². The van der Waals surface area contributed by atoms with E-state index in [2.05, 4.69) is 5.32 Å². The van der Waals surface area contributed by atoms with E-state index in [9.17, 15) is 9.59 Å². The summed E-state index contributed by atoms with van der Waals surface area (Å²) in [5.74, 6) is -0.738. The molecule has 0 radical (unpaired) electrons. The van der Waals surface area contributed by atoms with E-state index in [-0.39, 0.29) is 12.3 Å². The average Bonchev–Trinajstić information content (AvgIpc) is 2.28. The van der Waals surface area contributed by atoms with Crippen molar-refractivity contribution in [3.05, 3.63) is 29.8 Å². The Bertz CT molecular complexity index is 432. The van der Waals surface area contributed by atoms with Crippen molar-refractivity contribution in [3.8, 4) is 0 Å². The van der Waals surface area contributed by atoms with Gasteiger partial charge in [-0.15, -0.1) is 0 Å². The quantitative estimate of drug-likeness (QED) is 0.600. The summed E-state index contributed by atoms with van der Waals surface area (Å²) >= 11 is 0. The van der Waals surface area contributed by atoms with Gasteiger partial charge in [-0.05, 0) is 31.5 Å². The molecular formula is C13H18N2O3. The monoisotopic (exact) mass is 250 g/mol. The number of nitrogens with one attached hydrogen (secondary N) is 1. The molecule has 1 aromatic carbocycles. The summed E-state index contributed by atoms with van der Waals surface area (Å²) in [6, 6.07) is 7.00. The van der Waals surface area contributed by atoms with Gasteiger partial charge in [0.2, 0.25) is 0 Å². The molecule has 0 saturated heterocycles. The number of amides is 1. The zero-order valence-corrected chi connectivity index (χ0v) is 10.6. The van der Waals surface area contributed by atoms with Gasteiger partial charge in [0.1, 0.15) is 0 Å². The molecule has 0 fully saturated rings. The first-order valence-electron chi connectivity index (χ1n) is 5.84. The Morgan fingerprint density at radius 1 is 1.44 bits per heavy atom. The highest BCUT2D eigenvalue weighted by atomic mass is 16.5. The van der Waals surface area contributed by atoms with Crippen molar-refractivity contribution in [2.75, 3.05) is 12.3 Å². The third-order valence-corrected chi connectivity index (χ3v) is 2.33. The average molecular weight is 250 g/mol. The summed E-state index contributed by atoms with van der Waals surface area (Å²) < 4.78 is 5.02. The lowest BCUT2D eigenvalue weighted by atomic mass is 10.1. The van der Waals surface area contributed by atoms with Gasteiger partial charge in [-0.2, -0.15) is 0 Å². The van der Waals surface area contributed by atoms with Crippen LogP contribution in [0.3, 0.4) is 0 Å². The second kappa shape index (κ2) is 6.64. The summed E-state index contributed by atoms with van der Waals surface area (Å²) in [6.45, 7) is 3.86. The minimum absolute atomic E-state index is 0.106. The highest BCUT2D eigenvalue weighted by molar-refractivity contribution is 5.83. The van der Waals surface area contributed by atoms with E-state index in [1.165, 1.54) is 0 Å². The normalized spacial score (nSPS) is 11.7. The van der Waals surface area contributed by atoms with E-state index >= 15 is 0 Å². The van der Waals surface area contributed by atoms with Crippen molar-refractivity contribution >= 4 is 17.6 Å². The number of anilines is 1. The maximum atomic E-state index is 11.6. The fourth-order valence-electron chi connectivity index (χ4n) is 1.48. The van der Waals surface area contributed by atoms with Crippen LogP contribution in [0, 0.1) is 0 Å². The summed E-state index contributed by atoms with van der Waals surface area (Å²) in [4.78, 5) is 23.0. The summed E-state index contributed by atoms with van der Waals surface area (Å²) in [5, 5.41) is 2.59. The number of nitrogens with two attached hydrogens (primary N) is 1. The number of carbonyl (C=O) groups is 2. The minimum Gasteiger partial charge on any atom is -0.452 e. The van der Waals surface area contributed by atoms with Crippen LogP contribution in [0.25, 0.3) is 0 Å². The Balaban J connectivity index is 2.49. The number of ether oxygens (including phenoxy) is 1. The molecule has 0 saturated carbocycles. The van der Waals surface area contributed by atoms with Crippen molar-refractivity contribution in [2.45, 2.75) is 26.4 Å². The molecule has 1 unspecified atom stereocenters. The lowest BCUT2D eigenvalue weighted by Gasteiger charge is -2.12. The molecule has 0 aliphatic carbocycles. The first-order valence-corrected chi connectivity index (χ1v) is 5.84. The van der Waals surface area contributed by atoms with Crippen LogP contribution in [0.4, 0.5) is 5.69 Å². The molecule has 5 heteroatoms. The van der Waals surface area contributed by atoms with E-state index in [1.54, 1.807) is 38.1 Å². The lowest BCUT2D eigenvalue weighted by Crippen LogP contribution is -2.35. The molecule has 5 nitrogen and oxygen atoms in total. The standard InChI is InChI=1S/C13H18N2O3/c1-3-15-13(17)9(2)18-12(16)8-10-5-4-6-11(14)7-10/h4-7,9H,3,8,14H2,1-2H3,(H,15,17). The van der Waals surface area contributed by atoms with E-state index in [0.717, 1.165) is 5.56 Å². The van der Waals surface area contributed by atoms with Crippen molar-refractivity contribution in [2.24, 2.45) is 0 Å². The van der Waals surface area contributed by atoms with Crippen LogP contribution in [-0.2, 0) is 20.7 Å². The van der Waals surface area contributed by atoms with Crippen LogP contribution in [0.1, 0.15) is 19.4 Å². The number of rotatable bonds is 5. The maximum absolute atomic E-state index is 11.6. The molecule has 0 bridgehead atoms. The number of benzene rings is 1. The Kier molecular flexibility index (Phi) is 5.17. The molecular weight excluding hydrogens is 232 g/mol. The van der Waals surface area contributed by atoms with Gasteiger partial charge in [-0.3, -0.25) is 9.59 Å². The van der Waals surface area contributed by atoms with Gasteiger partial charge in [0.25, 0.3) is 5.91 Å². The molecule has 1 atom stereocenters. The second-order valence-corrected chi connectivity index (χ2v) is 3.95. The summed E-state index contributed by atoms with van der Waals surface area (Å²) in [5.41, 5.74) is 6.97.